The first-order chi connectivity index (χ1) is 14.6. The van der Waals surface area contributed by atoms with E-state index in [1.165, 1.54) is 30.0 Å². The number of aromatic nitrogens is 1. The molecule has 2 aliphatic rings. The van der Waals surface area contributed by atoms with Crippen LogP contribution in [0.2, 0.25) is 0 Å². The van der Waals surface area contributed by atoms with Gasteiger partial charge >= 0.3 is 0 Å². The fourth-order valence-electron chi connectivity index (χ4n) is 4.36. The highest BCUT2D eigenvalue weighted by Crippen LogP contribution is 2.32. The normalized spacial score (nSPS) is 21.0. The molecule has 1 aromatic carbocycles. The van der Waals surface area contributed by atoms with Crippen LogP contribution in [0.5, 0.6) is 5.75 Å². The molecule has 0 saturated carbocycles. The third-order valence-corrected chi connectivity index (χ3v) is 7.27. The van der Waals surface area contributed by atoms with Crippen molar-refractivity contribution >= 4 is 11.3 Å². The summed E-state index contributed by atoms with van der Waals surface area (Å²) < 4.78 is 5.94. The number of ether oxygens (including phenoxy) is 1. The summed E-state index contributed by atoms with van der Waals surface area (Å²) in [5.41, 5.74) is 2.29. The number of hydrogen-bond acceptors (Lipinski definition) is 7. The lowest BCUT2D eigenvalue weighted by atomic mass is 10.1. The Kier molecular flexibility index (Phi) is 7.38. The average molecular weight is 432 g/mol. The van der Waals surface area contributed by atoms with Gasteiger partial charge in [-0.2, -0.15) is 0 Å². The van der Waals surface area contributed by atoms with E-state index in [2.05, 4.69) is 28.9 Å². The highest BCUT2D eigenvalue weighted by molar-refractivity contribution is 7.15. The maximum atomic E-state index is 9.69. The minimum atomic E-state index is -0.676. The summed E-state index contributed by atoms with van der Waals surface area (Å²) in [7, 11) is 0. The van der Waals surface area contributed by atoms with Crippen LogP contribution in [0.1, 0.15) is 36.8 Å². The van der Waals surface area contributed by atoms with Crippen LogP contribution in [0.4, 0.5) is 0 Å². The van der Waals surface area contributed by atoms with Crippen molar-refractivity contribution < 1.29 is 14.9 Å². The van der Waals surface area contributed by atoms with E-state index in [0.29, 0.717) is 6.54 Å². The predicted molar refractivity (Wildman–Crippen MR) is 120 cm³/mol. The Morgan fingerprint density at radius 2 is 2.10 bits per heavy atom. The van der Waals surface area contributed by atoms with E-state index in [1.54, 1.807) is 11.3 Å². The Labute approximate surface area is 183 Å². The zero-order chi connectivity index (χ0) is 20.9. The minimum Gasteiger partial charge on any atom is -0.494 e. The molecule has 0 aliphatic carbocycles. The number of benzene rings is 1. The third kappa shape index (κ3) is 5.39. The number of likely N-dealkylation sites (tertiary alicyclic amines) is 1. The van der Waals surface area contributed by atoms with Crippen molar-refractivity contribution in [1.29, 1.82) is 0 Å². The van der Waals surface area contributed by atoms with Gasteiger partial charge in [-0.15, -0.1) is 11.3 Å². The first kappa shape index (κ1) is 21.7. The van der Waals surface area contributed by atoms with Crippen molar-refractivity contribution in [3.8, 4) is 16.3 Å². The lowest BCUT2D eigenvalue weighted by molar-refractivity contribution is 0.0553. The number of nitrogens with zero attached hydrogens (tertiary/aromatic N) is 3. The molecule has 1 aromatic heterocycles. The van der Waals surface area contributed by atoms with E-state index < -0.39 is 6.10 Å². The van der Waals surface area contributed by atoms with E-state index in [0.717, 1.165) is 61.4 Å². The Hall–Kier alpha value is -1.51. The Morgan fingerprint density at radius 1 is 1.27 bits per heavy atom. The second kappa shape index (κ2) is 10.2. The molecule has 7 heteroatoms. The van der Waals surface area contributed by atoms with E-state index in [4.69, 9.17) is 14.8 Å². The average Bonchev–Trinajstić information content (AvgIpc) is 3.37. The molecule has 1 fully saturated rings. The first-order valence-corrected chi connectivity index (χ1v) is 11.9. The topological polar surface area (TPSA) is 69.1 Å². The number of thiazole rings is 1. The summed E-state index contributed by atoms with van der Waals surface area (Å²) in [6, 6.07) is 8.99. The van der Waals surface area contributed by atoms with E-state index in [9.17, 15) is 5.11 Å². The third-order valence-electron chi connectivity index (χ3n) is 6.14. The molecule has 30 heavy (non-hydrogen) atoms. The highest BCUT2D eigenvalue weighted by Gasteiger charge is 2.23. The maximum absolute atomic E-state index is 9.69. The van der Waals surface area contributed by atoms with Crippen LogP contribution in [0, 0.1) is 0 Å². The zero-order valence-electron chi connectivity index (χ0n) is 17.8. The molecule has 6 nitrogen and oxygen atoms in total. The number of hydrogen-bond donors (Lipinski definition) is 2. The fourth-order valence-corrected chi connectivity index (χ4v) is 5.52. The monoisotopic (exact) mass is 431 g/mol. The highest BCUT2D eigenvalue weighted by atomic mass is 32.1. The van der Waals surface area contributed by atoms with E-state index in [1.807, 2.05) is 12.1 Å². The number of aliphatic hydroxyl groups is 2. The number of aliphatic hydroxyl groups excluding tert-OH is 2. The molecule has 0 spiro atoms. The molecular formula is C23H33N3O3S. The van der Waals surface area contributed by atoms with Gasteiger partial charge in [0.15, 0.2) is 0 Å². The number of rotatable bonds is 9. The summed E-state index contributed by atoms with van der Waals surface area (Å²) in [6.45, 7) is 7.40. The van der Waals surface area contributed by atoms with Crippen molar-refractivity contribution in [3.63, 3.8) is 0 Å². The van der Waals surface area contributed by atoms with Crippen LogP contribution >= 0.6 is 11.3 Å². The number of β-amino-alcohol motifs (C(OH)–C–C–N with tert-alkyl or cyclic N) is 1. The van der Waals surface area contributed by atoms with E-state index >= 15 is 0 Å². The summed E-state index contributed by atoms with van der Waals surface area (Å²) in [5.74, 6) is 0.915. The Morgan fingerprint density at radius 3 is 2.83 bits per heavy atom. The van der Waals surface area contributed by atoms with Gasteiger partial charge in [-0.3, -0.25) is 4.90 Å². The van der Waals surface area contributed by atoms with Crippen LogP contribution in [0.15, 0.2) is 24.3 Å². The van der Waals surface area contributed by atoms with Crippen molar-refractivity contribution in [2.24, 2.45) is 0 Å². The van der Waals surface area contributed by atoms with Gasteiger partial charge in [0.1, 0.15) is 10.8 Å². The summed E-state index contributed by atoms with van der Waals surface area (Å²) in [5, 5.41) is 19.8. The van der Waals surface area contributed by atoms with Crippen LogP contribution in [-0.4, -0.2) is 76.5 Å². The standard InChI is InChI=1S/C23H33N3O3S/c1-17-4-2-10-26(17)11-3-13-29-20-7-5-18(6-8-20)23-24-21-9-12-25(14-19(28)16-27)15-22(21)30-23/h5-8,17,19,27-28H,2-4,9-16H2,1H3/t17-,19?/m1/s1. The second-order valence-electron chi connectivity index (χ2n) is 8.46. The van der Waals surface area contributed by atoms with E-state index in [-0.39, 0.29) is 6.61 Å². The molecule has 1 saturated heterocycles. The van der Waals surface area contributed by atoms with Gasteiger partial charge < -0.3 is 19.8 Å². The number of fused-ring (bicyclic) bond motifs is 1. The Balaban J connectivity index is 1.28. The summed E-state index contributed by atoms with van der Waals surface area (Å²) in [4.78, 5) is 10.8. The fraction of sp³-hybridized carbons (Fsp3) is 0.609. The molecule has 2 aromatic rings. The van der Waals surface area contributed by atoms with Gasteiger partial charge in [0.05, 0.1) is 25.0 Å². The van der Waals surface area contributed by atoms with Gasteiger partial charge in [-0.05, 0) is 57.0 Å². The van der Waals surface area contributed by atoms with Gasteiger partial charge in [0.25, 0.3) is 0 Å². The molecule has 2 aliphatic heterocycles. The summed E-state index contributed by atoms with van der Waals surface area (Å²) in [6.07, 6.45) is 3.93. The lowest BCUT2D eigenvalue weighted by Crippen LogP contribution is -2.37. The first-order valence-electron chi connectivity index (χ1n) is 11.1. The molecular weight excluding hydrogens is 398 g/mol. The summed E-state index contributed by atoms with van der Waals surface area (Å²) >= 11 is 1.73. The van der Waals surface area contributed by atoms with Gasteiger partial charge in [0.2, 0.25) is 0 Å². The minimum absolute atomic E-state index is 0.191. The smallest absolute Gasteiger partial charge is 0.123 e. The largest absolute Gasteiger partial charge is 0.494 e. The molecule has 0 bridgehead atoms. The second-order valence-corrected chi connectivity index (χ2v) is 9.55. The van der Waals surface area contributed by atoms with Gasteiger partial charge in [-0.25, -0.2) is 4.98 Å². The van der Waals surface area contributed by atoms with Crippen LogP contribution in [0.25, 0.3) is 10.6 Å². The molecule has 0 radical (unpaired) electrons. The SMILES string of the molecule is C[C@@H]1CCCN1CCCOc1ccc(-c2nc3c(s2)CN(CC(O)CO)CC3)cc1. The maximum Gasteiger partial charge on any atom is 0.123 e. The van der Waals surface area contributed by atoms with Crippen molar-refractivity contribution in [2.45, 2.75) is 51.3 Å². The zero-order valence-corrected chi connectivity index (χ0v) is 18.6. The van der Waals surface area contributed by atoms with Crippen molar-refractivity contribution in [3.05, 3.63) is 34.8 Å². The van der Waals surface area contributed by atoms with Crippen molar-refractivity contribution in [2.75, 3.05) is 39.4 Å². The molecule has 0 amide bonds. The molecule has 164 valence electrons. The van der Waals surface area contributed by atoms with Crippen molar-refractivity contribution in [1.82, 2.24) is 14.8 Å². The van der Waals surface area contributed by atoms with Gasteiger partial charge in [0, 0.05) is 49.1 Å². The quantitative estimate of drug-likeness (QED) is 0.595. The Bertz CT molecular complexity index is 811. The lowest BCUT2D eigenvalue weighted by Gasteiger charge is -2.27. The molecule has 1 unspecified atom stereocenters. The van der Waals surface area contributed by atoms with Crippen LogP contribution in [-0.2, 0) is 13.0 Å². The van der Waals surface area contributed by atoms with Crippen LogP contribution in [0.3, 0.4) is 0 Å². The predicted octanol–water partition coefficient (Wildman–Crippen LogP) is 2.77. The molecule has 2 N–H and O–H groups in total. The van der Waals surface area contributed by atoms with Crippen LogP contribution < -0.4 is 4.74 Å². The van der Waals surface area contributed by atoms with Gasteiger partial charge in [-0.1, -0.05) is 0 Å². The molecule has 2 atom stereocenters. The molecule has 3 heterocycles. The molecule has 4 rings (SSSR count).